The molecule has 0 radical (unpaired) electrons. The molecule has 1 atom stereocenters. The molecule has 28 heavy (non-hydrogen) atoms. The van der Waals surface area contributed by atoms with Crippen molar-refractivity contribution < 1.29 is 19.7 Å². The van der Waals surface area contributed by atoms with Gasteiger partial charge in [0.05, 0.1) is 6.61 Å². The first kappa shape index (κ1) is 22.7. The van der Waals surface area contributed by atoms with Crippen LogP contribution in [0.25, 0.3) is 0 Å². The fourth-order valence-corrected chi connectivity index (χ4v) is 4.15. The van der Waals surface area contributed by atoms with Crippen LogP contribution in [-0.4, -0.2) is 35.4 Å². The van der Waals surface area contributed by atoms with Gasteiger partial charge in [-0.3, -0.25) is 4.79 Å². The van der Waals surface area contributed by atoms with E-state index in [-0.39, 0.29) is 31.1 Å². The summed E-state index contributed by atoms with van der Waals surface area (Å²) in [6, 6.07) is 9.01. The molecular weight excluding hydrogens is 490 g/mol. The van der Waals surface area contributed by atoms with Gasteiger partial charge in [-0.1, -0.05) is 57.8 Å². The lowest BCUT2D eigenvalue weighted by Crippen LogP contribution is -2.38. The number of halogens is 2. The number of nitrogens with one attached hydrogen (secondary N) is 1. The molecule has 0 bridgehead atoms. The van der Waals surface area contributed by atoms with Crippen molar-refractivity contribution in [2.75, 3.05) is 13.2 Å². The fourth-order valence-electron chi connectivity index (χ4n) is 2.72. The Hall–Kier alpha value is -1.57. The van der Waals surface area contributed by atoms with Gasteiger partial charge in [0.15, 0.2) is 6.61 Å². The van der Waals surface area contributed by atoms with Gasteiger partial charge in [-0.2, -0.15) is 0 Å². The Morgan fingerprint density at radius 2 is 1.79 bits per heavy atom. The van der Waals surface area contributed by atoms with E-state index in [1.54, 1.807) is 13.0 Å². The SMILES string of the molecule is CC(C)c1cc(Cc2c(Br)cc(OCC(=O)N[C@H](C)CO)cc2Br)ccc1O. The van der Waals surface area contributed by atoms with Gasteiger partial charge >= 0.3 is 0 Å². The molecule has 0 spiro atoms. The number of rotatable bonds is 8. The predicted octanol–water partition coefficient (Wildman–Crippen LogP) is 4.51. The highest BCUT2D eigenvalue weighted by molar-refractivity contribution is 9.11. The van der Waals surface area contributed by atoms with Gasteiger partial charge in [-0.05, 0) is 54.2 Å². The van der Waals surface area contributed by atoms with Crippen molar-refractivity contribution in [3.63, 3.8) is 0 Å². The lowest BCUT2D eigenvalue weighted by molar-refractivity contribution is -0.124. The quantitative estimate of drug-likeness (QED) is 0.484. The van der Waals surface area contributed by atoms with Crippen molar-refractivity contribution in [1.82, 2.24) is 5.32 Å². The molecule has 2 rings (SSSR count). The highest BCUT2D eigenvalue weighted by Crippen LogP contribution is 2.34. The number of ether oxygens (including phenoxy) is 1. The monoisotopic (exact) mass is 513 g/mol. The Kier molecular flexibility index (Phi) is 8.34. The van der Waals surface area contributed by atoms with E-state index in [0.29, 0.717) is 17.9 Å². The Bertz CT molecular complexity index is 816. The first-order chi connectivity index (χ1) is 13.2. The Balaban J connectivity index is 2.12. The molecule has 0 saturated carbocycles. The zero-order valence-electron chi connectivity index (χ0n) is 16.1. The Morgan fingerprint density at radius 1 is 1.14 bits per heavy atom. The first-order valence-corrected chi connectivity index (χ1v) is 10.6. The molecule has 0 aliphatic carbocycles. The summed E-state index contributed by atoms with van der Waals surface area (Å²) in [5, 5.41) is 21.6. The standard InChI is InChI=1S/C21H25Br2NO4/c1-12(2)16-6-14(4-5-20(16)26)7-17-18(22)8-15(9-19(17)23)28-11-21(27)24-13(3)10-25/h4-6,8-9,12-13,25-26H,7,10-11H2,1-3H3,(H,24,27)/t13-/m1/s1. The topological polar surface area (TPSA) is 78.8 Å². The van der Waals surface area contributed by atoms with Gasteiger partial charge < -0.3 is 20.3 Å². The van der Waals surface area contributed by atoms with E-state index in [9.17, 15) is 9.90 Å². The number of phenols is 1. The number of carbonyl (C=O) groups excluding carboxylic acids is 1. The molecule has 152 valence electrons. The average molecular weight is 515 g/mol. The van der Waals surface area contributed by atoms with Crippen LogP contribution in [0.1, 0.15) is 43.4 Å². The largest absolute Gasteiger partial charge is 0.508 e. The van der Waals surface area contributed by atoms with Gasteiger partial charge in [-0.25, -0.2) is 0 Å². The first-order valence-electron chi connectivity index (χ1n) is 9.04. The zero-order chi connectivity index (χ0) is 20.8. The maximum atomic E-state index is 11.8. The number of aliphatic hydroxyl groups is 1. The Morgan fingerprint density at radius 3 is 2.36 bits per heavy atom. The number of hydrogen-bond donors (Lipinski definition) is 3. The smallest absolute Gasteiger partial charge is 0.258 e. The molecule has 0 saturated heterocycles. The van der Waals surface area contributed by atoms with Gasteiger partial charge in [0, 0.05) is 15.0 Å². The number of aliphatic hydroxyl groups excluding tert-OH is 1. The molecule has 2 aromatic rings. The molecule has 7 heteroatoms. The van der Waals surface area contributed by atoms with Crippen LogP contribution in [0.5, 0.6) is 11.5 Å². The molecule has 0 aliphatic heterocycles. The van der Waals surface area contributed by atoms with E-state index in [2.05, 4.69) is 37.2 Å². The second kappa shape index (κ2) is 10.3. The highest BCUT2D eigenvalue weighted by Gasteiger charge is 2.13. The third-order valence-electron chi connectivity index (χ3n) is 4.26. The second-order valence-corrected chi connectivity index (χ2v) is 8.74. The second-order valence-electron chi connectivity index (χ2n) is 7.03. The van der Waals surface area contributed by atoms with Gasteiger partial charge in [0.1, 0.15) is 11.5 Å². The van der Waals surface area contributed by atoms with E-state index in [0.717, 1.165) is 25.6 Å². The lowest BCUT2D eigenvalue weighted by Gasteiger charge is -2.15. The minimum absolute atomic E-state index is 0.118. The van der Waals surface area contributed by atoms with Crippen LogP contribution in [0, 0.1) is 0 Å². The molecule has 0 aromatic heterocycles. The molecule has 0 heterocycles. The number of amides is 1. The number of aromatic hydroxyl groups is 1. The van der Waals surface area contributed by atoms with Crippen molar-refractivity contribution >= 4 is 37.8 Å². The third kappa shape index (κ3) is 6.22. The summed E-state index contributed by atoms with van der Waals surface area (Å²) in [5.74, 6) is 0.822. The number of benzene rings is 2. The fraction of sp³-hybridized carbons (Fsp3) is 0.381. The Labute approximate surface area is 182 Å². The van der Waals surface area contributed by atoms with Gasteiger partial charge in [-0.15, -0.1) is 0 Å². The number of phenolic OH excluding ortho intramolecular Hbond substituents is 1. The van der Waals surface area contributed by atoms with Gasteiger partial charge in [0.25, 0.3) is 5.91 Å². The molecule has 5 nitrogen and oxygen atoms in total. The molecular formula is C21H25Br2NO4. The van der Waals surface area contributed by atoms with Crippen molar-refractivity contribution in [2.24, 2.45) is 0 Å². The minimum Gasteiger partial charge on any atom is -0.508 e. The summed E-state index contributed by atoms with van der Waals surface area (Å²) in [4.78, 5) is 11.8. The summed E-state index contributed by atoms with van der Waals surface area (Å²) >= 11 is 7.17. The summed E-state index contributed by atoms with van der Waals surface area (Å²) in [6.45, 7) is 5.57. The molecule has 3 N–H and O–H groups in total. The average Bonchev–Trinajstić information content (AvgIpc) is 2.63. The van der Waals surface area contributed by atoms with Crippen molar-refractivity contribution in [3.05, 3.63) is 56.0 Å². The molecule has 1 amide bonds. The van der Waals surface area contributed by atoms with E-state index >= 15 is 0 Å². The molecule has 2 aromatic carbocycles. The van der Waals surface area contributed by atoms with Gasteiger partial charge in [0.2, 0.25) is 0 Å². The summed E-state index contributed by atoms with van der Waals surface area (Å²) in [7, 11) is 0. The number of hydrogen-bond acceptors (Lipinski definition) is 4. The van der Waals surface area contributed by atoms with Crippen molar-refractivity contribution in [2.45, 2.75) is 39.2 Å². The van der Waals surface area contributed by atoms with E-state index in [4.69, 9.17) is 9.84 Å². The summed E-state index contributed by atoms with van der Waals surface area (Å²) < 4.78 is 7.28. The normalized spacial score (nSPS) is 12.1. The van der Waals surface area contributed by atoms with E-state index in [1.165, 1.54) is 0 Å². The molecule has 0 unspecified atom stereocenters. The van der Waals surface area contributed by atoms with Crippen molar-refractivity contribution in [3.8, 4) is 11.5 Å². The third-order valence-corrected chi connectivity index (χ3v) is 5.68. The minimum atomic E-state index is -0.307. The summed E-state index contributed by atoms with van der Waals surface area (Å²) in [6.07, 6.45) is 0.677. The van der Waals surface area contributed by atoms with E-state index < -0.39 is 0 Å². The molecule has 0 fully saturated rings. The van der Waals surface area contributed by atoms with Crippen LogP contribution in [0.2, 0.25) is 0 Å². The van der Waals surface area contributed by atoms with Crippen LogP contribution < -0.4 is 10.1 Å². The predicted molar refractivity (Wildman–Crippen MR) is 117 cm³/mol. The molecule has 0 aliphatic rings. The van der Waals surface area contributed by atoms with Crippen LogP contribution in [0.4, 0.5) is 0 Å². The maximum absolute atomic E-state index is 11.8. The van der Waals surface area contributed by atoms with Crippen LogP contribution in [0.3, 0.4) is 0 Å². The van der Waals surface area contributed by atoms with Crippen molar-refractivity contribution in [1.29, 1.82) is 0 Å². The van der Waals surface area contributed by atoms with E-state index in [1.807, 2.05) is 38.1 Å². The lowest BCUT2D eigenvalue weighted by atomic mass is 9.96. The van der Waals surface area contributed by atoms with Crippen LogP contribution >= 0.6 is 31.9 Å². The number of carbonyl (C=O) groups is 1. The zero-order valence-corrected chi connectivity index (χ0v) is 19.3. The highest BCUT2D eigenvalue weighted by atomic mass is 79.9. The summed E-state index contributed by atoms with van der Waals surface area (Å²) in [5.41, 5.74) is 3.06. The van der Waals surface area contributed by atoms with Crippen LogP contribution in [-0.2, 0) is 11.2 Å². The maximum Gasteiger partial charge on any atom is 0.258 e. The van der Waals surface area contributed by atoms with Crippen LogP contribution in [0.15, 0.2) is 39.3 Å².